The van der Waals surface area contributed by atoms with E-state index in [4.69, 9.17) is 0 Å². The second-order valence-corrected chi connectivity index (χ2v) is 6.11. The molecule has 24 heavy (non-hydrogen) atoms. The van der Waals surface area contributed by atoms with Crippen molar-refractivity contribution < 1.29 is 8.78 Å². The summed E-state index contributed by atoms with van der Waals surface area (Å²) in [5, 5.41) is 6.68. The van der Waals surface area contributed by atoms with Crippen molar-refractivity contribution in [3.05, 3.63) is 29.8 Å². The molecular weight excluding hydrogens is 425 g/mol. The van der Waals surface area contributed by atoms with Crippen LogP contribution in [0.25, 0.3) is 0 Å². The molecule has 0 bridgehead atoms. The Balaban J connectivity index is 0.00000288. The lowest BCUT2D eigenvalue weighted by Gasteiger charge is -2.20. The molecule has 0 saturated carbocycles. The lowest BCUT2D eigenvalue weighted by atomic mass is 10.1. The Bertz CT molecular complexity index is 553. The maximum atomic E-state index is 13.3. The van der Waals surface area contributed by atoms with Gasteiger partial charge in [-0.3, -0.25) is 4.99 Å². The van der Waals surface area contributed by atoms with E-state index in [1.54, 1.807) is 13.1 Å². The number of hydrogen-bond donors (Lipinski definition) is 2. The second-order valence-electron chi connectivity index (χ2n) is 6.11. The Hall–Kier alpha value is -1.12. The predicted molar refractivity (Wildman–Crippen MR) is 106 cm³/mol. The van der Waals surface area contributed by atoms with Crippen LogP contribution in [0.2, 0.25) is 0 Å². The summed E-state index contributed by atoms with van der Waals surface area (Å²) in [6.45, 7) is 6.75. The molecule has 7 heteroatoms. The van der Waals surface area contributed by atoms with Crippen LogP contribution in [0, 0.1) is 17.6 Å². The van der Waals surface area contributed by atoms with Crippen molar-refractivity contribution >= 4 is 35.6 Å². The average Bonchev–Trinajstić information content (AvgIpc) is 3.02. The predicted octanol–water partition coefficient (Wildman–Crippen LogP) is 3.37. The van der Waals surface area contributed by atoms with Crippen molar-refractivity contribution in [2.24, 2.45) is 10.9 Å². The molecule has 1 heterocycles. The molecule has 0 amide bonds. The van der Waals surface area contributed by atoms with Gasteiger partial charge in [-0.2, -0.15) is 0 Å². The third-order valence-electron chi connectivity index (χ3n) is 4.33. The molecule has 1 aliphatic rings. The Morgan fingerprint density at radius 3 is 2.75 bits per heavy atom. The van der Waals surface area contributed by atoms with Crippen molar-refractivity contribution in [3.63, 3.8) is 0 Å². The second kappa shape index (κ2) is 10.0. The molecule has 4 nitrogen and oxygen atoms in total. The van der Waals surface area contributed by atoms with Crippen LogP contribution in [-0.2, 0) is 0 Å². The van der Waals surface area contributed by atoms with Crippen LogP contribution in [0.5, 0.6) is 0 Å². The number of aliphatic imine (C=N–C) groups is 1. The van der Waals surface area contributed by atoms with E-state index < -0.39 is 11.6 Å². The van der Waals surface area contributed by atoms with Crippen LogP contribution < -0.4 is 15.5 Å². The number of anilines is 1. The fraction of sp³-hybridized carbons (Fsp3) is 0.588. The summed E-state index contributed by atoms with van der Waals surface area (Å²) in [5.74, 6) is -0.322. The highest BCUT2D eigenvalue weighted by atomic mass is 127. The molecule has 136 valence electrons. The summed E-state index contributed by atoms with van der Waals surface area (Å²) in [4.78, 5) is 6.32. The fourth-order valence-corrected chi connectivity index (χ4v) is 2.69. The quantitative estimate of drug-likeness (QED) is 0.409. The third kappa shape index (κ3) is 5.75. The molecule has 1 saturated heterocycles. The first kappa shape index (κ1) is 20.9. The highest BCUT2D eigenvalue weighted by Gasteiger charge is 2.23. The van der Waals surface area contributed by atoms with Gasteiger partial charge in [0, 0.05) is 44.5 Å². The van der Waals surface area contributed by atoms with Crippen LogP contribution in [0.4, 0.5) is 14.5 Å². The molecule has 2 rings (SSSR count). The maximum absolute atomic E-state index is 13.3. The van der Waals surface area contributed by atoms with E-state index in [1.165, 1.54) is 12.1 Å². The van der Waals surface area contributed by atoms with Crippen LogP contribution in [0.3, 0.4) is 0 Å². The van der Waals surface area contributed by atoms with E-state index in [0.717, 1.165) is 44.1 Å². The van der Waals surface area contributed by atoms with Crippen molar-refractivity contribution in [3.8, 4) is 0 Å². The van der Waals surface area contributed by atoms with Crippen LogP contribution in [0.1, 0.15) is 26.7 Å². The Kier molecular flexibility index (Phi) is 8.72. The molecule has 1 aromatic rings. The highest BCUT2D eigenvalue weighted by Crippen LogP contribution is 2.24. The van der Waals surface area contributed by atoms with Gasteiger partial charge in [0.2, 0.25) is 0 Å². The average molecular weight is 452 g/mol. The number of benzene rings is 1. The summed E-state index contributed by atoms with van der Waals surface area (Å²) in [6, 6.07) is 4.48. The number of nitrogens with zero attached hydrogens (tertiary/aromatic N) is 2. The van der Waals surface area contributed by atoms with Gasteiger partial charge >= 0.3 is 0 Å². The molecule has 2 atom stereocenters. The van der Waals surface area contributed by atoms with Crippen molar-refractivity contribution in [2.75, 3.05) is 31.6 Å². The highest BCUT2D eigenvalue weighted by molar-refractivity contribution is 14.0. The minimum absolute atomic E-state index is 0. The number of rotatable bonds is 5. The number of guanidine groups is 1. The molecule has 2 N–H and O–H groups in total. The van der Waals surface area contributed by atoms with Gasteiger partial charge in [-0.25, -0.2) is 8.78 Å². The van der Waals surface area contributed by atoms with E-state index in [0.29, 0.717) is 12.0 Å². The first-order chi connectivity index (χ1) is 11.0. The SMILES string of the molecule is CCC(C)NC(=NC)NCC1CCN(c2ccc(F)c(F)c2)C1.I. The smallest absolute Gasteiger partial charge is 0.191 e. The van der Waals surface area contributed by atoms with Gasteiger partial charge in [0.05, 0.1) is 0 Å². The summed E-state index contributed by atoms with van der Waals surface area (Å²) < 4.78 is 26.4. The molecule has 1 fully saturated rings. The van der Waals surface area contributed by atoms with Crippen LogP contribution in [-0.4, -0.2) is 38.7 Å². The number of hydrogen-bond acceptors (Lipinski definition) is 2. The minimum Gasteiger partial charge on any atom is -0.371 e. The van der Waals surface area contributed by atoms with Crippen LogP contribution >= 0.6 is 24.0 Å². The van der Waals surface area contributed by atoms with Crippen molar-refractivity contribution in [1.82, 2.24) is 10.6 Å². The minimum atomic E-state index is -0.800. The molecule has 0 radical (unpaired) electrons. The monoisotopic (exact) mass is 452 g/mol. The number of nitrogens with one attached hydrogen (secondary N) is 2. The fourth-order valence-electron chi connectivity index (χ4n) is 2.69. The molecular formula is C17H27F2IN4. The Labute approximate surface area is 160 Å². The lowest BCUT2D eigenvalue weighted by molar-refractivity contribution is 0.508. The van der Waals surface area contributed by atoms with Gasteiger partial charge < -0.3 is 15.5 Å². The van der Waals surface area contributed by atoms with Gasteiger partial charge in [-0.1, -0.05) is 6.92 Å². The molecule has 2 unspecified atom stereocenters. The standard InChI is InChI=1S/C17H26F2N4.HI/c1-4-12(2)22-17(20-3)21-10-13-7-8-23(11-13)14-5-6-15(18)16(19)9-14;/h5-6,9,12-13H,4,7-8,10-11H2,1-3H3,(H2,20,21,22);1H. The van der Waals surface area contributed by atoms with Crippen LogP contribution in [0.15, 0.2) is 23.2 Å². The van der Waals surface area contributed by atoms with Gasteiger partial charge in [0.25, 0.3) is 0 Å². The third-order valence-corrected chi connectivity index (χ3v) is 4.33. The molecule has 1 aliphatic heterocycles. The molecule has 0 spiro atoms. The van der Waals surface area contributed by atoms with E-state index in [-0.39, 0.29) is 24.0 Å². The lowest BCUT2D eigenvalue weighted by Crippen LogP contribution is -2.43. The zero-order valence-corrected chi connectivity index (χ0v) is 16.8. The van der Waals surface area contributed by atoms with Gasteiger partial charge in [0.15, 0.2) is 17.6 Å². The van der Waals surface area contributed by atoms with E-state index >= 15 is 0 Å². The summed E-state index contributed by atoms with van der Waals surface area (Å²) in [6.07, 6.45) is 2.06. The van der Waals surface area contributed by atoms with E-state index in [1.807, 2.05) is 0 Å². The molecule has 0 aliphatic carbocycles. The van der Waals surface area contributed by atoms with Gasteiger partial charge in [-0.05, 0) is 37.8 Å². The van der Waals surface area contributed by atoms with Gasteiger partial charge in [0.1, 0.15) is 0 Å². The molecule has 0 aromatic heterocycles. The Morgan fingerprint density at radius 1 is 1.38 bits per heavy atom. The van der Waals surface area contributed by atoms with Crippen molar-refractivity contribution in [1.29, 1.82) is 0 Å². The Morgan fingerprint density at radius 2 is 2.12 bits per heavy atom. The summed E-state index contributed by atoms with van der Waals surface area (Å²) >= 11 is 0. The van der Waals surface area contributed by atoms with Crippen molar-refractivity contribution in [2.45, 2.75) is 32.7 Å². The normalized spacial score (nSPS) is 19.0. The number of halogens is 3. The summed E-state index contributed by atoms with van der Waals surface area (Å²) in [5.41, 5.74) is 0.744. The molecule has 1 aromatic carbocycles. The summed E-state index contributed by atoms with van der Waals surface area (Å²) in [7, 11) is 1.76. The van der Waals surface area contributed by atoms with E-state index in [2.05, 4.69) is 34.4 Å². The topological polar surface area (TPSA) is 39.7 Å². The first-order valence-corrected chi connectivity index (χ1v) is 8.20. The van der Waals surface area contributed by atoms with Gasteiger partial charge in [-0.15, -0.1) is 24.0 Å². The maximum Gasteiger partial charge on any atom is 0.191 e. The largest absolute Gasteiger partial charge is 0.371 e. The first-order valence-electron chi connectivity index (χ1n) is 8.20. The zero-order valence-electron chi connectivity index (χ0n) is 14.5. The van der Waals surface area contributed by atoms with E-state index in [9.17, 15) is 8.78 Å². The zero-order chi connectivity index (χ0) is 16.8.